The summed E-state index contributed by atoms with van der Waals surface area (Å²) in [5, 5.41) is 1.12. The van der Waals surface area contributed by atoms with Crippen LogP contribution in [0.1, 0.15) is 15.2 Å². The highest BCUT2D eigenvalue weighted by molar-refractivity contribution is 7.98. The zero-order valence-corrected chi connectivity index (χ0v) is 19.5. The van der Waals surface area contributed by atoms with Gasteiger partial charge in [0.1, 0.15) is 0 Å². The zero-order chi connectivity index (χ0) is 21.6. The number of hydrogen-bond acceptors (Lipinski definition) is 4. The summed E-state index contributed by atoms with van der Waals surface area (Å²) < 4.78 is 1.14. The molecule has 0 atom stereocenters. The van der Waals surface area contributed by atoms with Crippen LogP contribution in [-0.4, -0.2) is 38.0 Å². The van der Waals surface area contributed by atoms with Crippen LogP contribution >= 0.6 is 23.1 Å². The number of anilines is 1. The SMILES string of the molecule is CN(C)CCN(C(=O)c1cc2ccccc2s1)c1ccccc1SCc1ccccc1. The van der Waals surface area contributed by atoms with E-state index >= 15 is 0 Å². The second kappa shape index (κ2) is 10.1. The van der Waals surface area contributed by atoms with Crippen LogP contribution in [0.25, 0.3) is 10.1 Å². The Balaban J connectivity index is 1.64. The molecule has 0 aliphatic rings. The quantitative estimate of drug-likeness (QED) is 0.293. The number of carbonyl (C=O) groups is 1. The number of para-hydroxylation sites is 1. The van der Waals surface area contributed by atoms with Gasteiger partial charge in [0.05, 0.1) is 10.6 Å². The summed E-state index contributed by atoms with van der Waals surface area (Å²) in [6.07, 6.45) is 0. The molecule has 3 aromatic carbocycles. The van der Waals surface area contributed by atoms with E-state index in [0.29, 0.717) is 6.54 Å². The molecule has 0 saturated heterocycles. The number of thioether (sulfide) groups is 1. The molecule has 1 aromatic heterocycles. The van der Waals surface area contributed by atoms with Crippen molar-refractivity contribution in [1.29, 1.82) is 0 Å². The standard InChI is InChI=1S/C26H26N2OS2/c1-27(2)16-17-28(26(29)25-18-21-12-6-8-14-23(21)31-25)22-13-7-9-15-24(22)30-19-20-10-4-3-5-11-20/h3-15,18H,16-17,19H2,1-2H3. The average molecular weight is 447 g/mol. The molecule has 158 valence electrons. The summed E-state index contributed by atoms with van der Waals surface area (Å²) in [6.45, 7) is 1.44. The Bertz CT molecular complexity index is 1120. The number of amides is 1. The van der Waals surface area contributed by atoms with Crippen LogP contribution in [0.2, 0.25) is 0 Å². The van der Waals surface area contributed by atoms with Crippen molar-refractivity contribution in [1.82, 2.24) is 4.90 Å². The Hall–Kier alpha value is -2.60. The van der Waals surface area contributed by atoms with Crippen molar-refractivity contribution in [2.75, 3.05) is 32.1 Å². The third-order valence-corrected chi connectivity index (χ3v) is 7.28. The number of nitrogens with zero attached hydrogens (tertiary/aromatic N) is 2. The van der Waals surface area contributed by atoms with Gasteiger partial charge in [0.2, 0.25) is 0 Å². The third-order valence-electron chi connectivity index (χ3n) is 5.05. The lowest BCUT2D eigenvalue weighted by atomic mass is 10.2. The van der Waals surface area contributed by atoms with Gasteiger partial charge in [0, 0.05) is 28.4 Å². The molecule has 1 heterocycles. The molecule has 0 bridgehead atoms. The lowest BCUT2D eigenvalue weighted by molar-refractivity contribution is 0.0988. The largest absolute Gasteiger partial charge is 0.308 e. The smallest absolute Gasteiger partial charge is 0.268 e. The molecular formula is C26H26N2OS2. The maximum absolute atomic E-state index is 13.7. The monoisotopic (exact) mass is 446 g/mol. The van der Waals surface area contributed by atoms with Crippen LogP contribution in [-0.2, 0) is 5.75 Å². The summed E-state index contributed by atoms with van der Waals surface area (Å²) >= 11 is 3.34. The van der Waals surface area contributed by atoms with E-state index in [-0.39, 0.29) is 5.91 Å². The molecule has 0 unspecified atom stereocenters. The maximum atomic E-state index is 13.7. The number of carbonyl (C=O) groups excluding carboxylic acids is 1. The number of thiophene rings is 1. The number of benzene rings is 3. The van der Waals surface area contributed by atoms with E-state index in [1.165, 1.54) is 5.56 Å². The van der Waals surface area contributed by atoms with Crippen molar-refractivity contribution in [2.45, 2.75) is 10.6 Å². The van der Waals surface area contributed by atoms with Crippen molar-refractivity contribution >= 4 is 44.8 Å². The first kappa shape index (κ1) is 21.6. The van der Waals surface area contributed by atoms with Crippen molar-refractivity contribution in [2.24, 2.45) is 0 Å². The zero-order valence-electron chi connectivity index (χ0n) is 17.8. The van der Waals surface area contributed by atoms with Gasteiger partial charge in [-0.05, 0) is 49.3 Å². The average Bonchev–Trinajstić information content (AvgIpc) is 3.23. The molecule has 0 N–H and O–H groups in total. The number of likely N-dealkylation sites (N-methyl/N-ethyl adjacent to an activating group) is 1. The molecule has 0 aliphatic carbocycles. The van der Waals surface area contributed by atoms with Gasteiger partial charge in [-0.3, -0.25) is 4.79 Å². The number of rotatable bonds is 8. The molecule has 4 aromatic rings. The predicted molar refractivity (Wildman–Crippen MR) is 135 cm³/mol. The van der Waals surface area contributed by atoms with E-state index in [4.69, 9.17) is 0 Å². The molecule has 0 aliphatic heterocycles. The van der Waals surface area contributed by atoms with Crippen LogP contribution in [0, 0.1) is 0 Å². The van der Waals surface area contributed by atoms with Crippen molar-refractivity contribution in [3.63, 3.8) is 0 Å². The van der Waals surface area contributed by atoms with Gasteiger partial charge in [0.15, 0.2) is 0 Å². The van der Waals surface area contributed by atoms with Crippen molar-refractivity contribution in [3.05, 3.63) is 95.4 Å². The van der Waals surface area contributed by atoms with Gasteiger partial charge in [0.25, 0.3) is 5.91 Å². The fourth-order valence-electron chi connectivity index (χ4n) is 3.39. The van der Waals surface area contributed by atoms with Crippen LogP contribution in [0.15, 0.2) is 89.8 Å². The van der Waals surface area contributed by atoms with E-state index in [9.17, 15) is 4.79 Å². The summed E-state index contributed by atoms with van der Waals surface area (Å²) in [4.78, 5) is 19.6. The van der Waals surface area contributed by atoms with Crippen molar-refractivity contribution < 1.29 is 4.79 Å². The van der Waals surface area contributed by atoms with E-state index < -0.39 is 0 Å². The molecule has 5 heteroatoms. The fraction of sp³-hybridized carbons (Fsp3) is 0.192. The highest BCUT2D eigenvalue weighted by Gasteiger charge is 2.22. The Kier molecular flexibility index (Phi) is 7.07. The molecule has 1 amide bonds. The lowest BCUT2D eigenvalue weighted by Gasteiger charge is -2.26. The van der Waals surface area contributed by atoms with E-state index in [1.54, 1.807) is 23.1 Å². The lowest BCUT2D eigenvalue weighted by Crippen LogP contribution is -2.36. The summed E-state index contributed by atoms with van der Waals surface area (Å²) in [7, 11) is 4.08. The number of fused-ring (bicyclic) bond motifs is 1. The minimum atomic E-state index is 0.0656. The number of hydrogen-bond donors (Lipinski definition) is 0. The van der Waals surface area contributed by atoms with E-state index in [2.05, 4.69) is 53.4 Å². The molecule has 0 spiro atoms. The molecule has 0 saturated carbocycles. The molecule has 31 heavy (non-hydrogen) atoms. The normalized spacial score (nSPS) is 11.2. The van der Waals surface area contributed by atoms with Crippen LogP contribution < -0.4 is 4.90 Å². The summed E-state index contributed by atoms with van der Waals surface area (Å²) in [5.41, 5.74) is 2.26. The third kappa shape index (κ3) is 5.37. The summed E-state index contributed by atoms with van der Waals surface area (Å²) in [6, 6.07) is 28.9. The molecule has 0 radical (unpaired) electrons. The molecular weight excluding hydrogens is 420 g/mol. The first-order valence-electron chi connectivity index (χ1n) is 10.3. The Morgan fingerprint density at radius 2 is 1.58 bits per heavy atom. The first-order valence-corrected chi connectivity index (χ1v) is 12.1. The summed E-state index contributed by atoms with van der Waals surface area (Å²) in [5.74, 6) is 0.937. The Labute approximate surface area is 192 Å². The maximum Gasteiger partial charge on any atom is 0.268 e. The minimum absolute atomic E-state index is 0.0656. The van der Waals surface area contributed by atoms with Crippen LogP contribution in [0.4, 0.5) is 5.69 Å². The molecule has 4 rings (SSSR count). The van der Waals surface area contributed by atoms with Gasteiger partial charge in [-0.2, -0.15) is 0 Å². The van der Waals surface area contributed by atoms with Gasteiger partial charge in [-0.1, -0.05) is 60.7 Å². The second-order valence-corrected chi connectivity index (χ2v) is 9.75. The van der Waals surface area contributed by atoms with Gasteiger partial charge >= 0.3 is 0 Å². The highest BCUT2D eigenvalue weighted by atomic mass is 32.2. The Morgan fingerprint density at radius 1 is 0.871 bits per heavy atom. The molecule has 0 fully saturated rings. The van der Waals surface area contributed by atoms with Crippen LogP contribution in [0.3, 0.4) is 0 Å². The highest BCUT2D eigenvalue weighted by Crippen LogP contribution is 2.34. The van der Waals surface area contributed by atoms with Gasteiger partial charge in [-0.15, -0.1) is 23.1 Å². The molecule has 3 nitrogen and oxygen atoms in total. The Morgan fingerprint density at radius 3 is 2.35 bits per heavy atom. The minimum Gasteiger partial charge on any atom is -0.308 e. The second-order valence-electron chi connectivity index (χ2n) is 7.65. The van der Waals surface area contributed by atoms with Gasteiger partial charge in [-0.25, -0.2) is 0 Å². The first-order chi connectivity index (χ1) is 15.1. The topological polar surface area (TPSA) is 23.6 Å². The van der Waals surface area contributed by atoms with Crippen LogP contribution in [0.5, 0.6) is 0 Å². The van der Waals surface area contributed by atoms with Gasteiger partial charge < -0.3 is 9.80 Å². The van der Waals surface area contributed by atoms with E-state index in [0.717, 1.165) is 37.8 Å². The predicted octanol–water partition coefficient (Wildman–Crippen LogP) is 6.40. The fourth-order valence-corrected chi connectivity index (χ4v) is 5.42. The van der Waals surface area contributed by atoms with E-state index in [1.807, 2.05) is 55.4 Å². The van der Waals surface area contributed by atoms with Crippen molar-refractivity contribution in [3.8, 4) is 0 Å².